The lowest BCUT2D eigenvalue weighted by atomic mass is 10.2. The van der Waals surface area contributed by atoms with Crippen LogP contribution in [0.15, 0.2) is 33.7 Å². The summed E-state index contributed by atoms with van der Waals surface area (Å²) in [6.07, 6.45) is 0. The molecule has 0 saturated carbocycles. The molecule has 142 valence electrons. The molecule has 1 aliphatic rings. The first-order valence-corrected chi connectivity index (χ1v) is 10.6. The van der Waals surface area contributed by atoms with Gasteiger partial charge in [0, 0.05) is 51.3 Å². The largest absolute Gasteiger partial charge is 0.355 e. The maximum atomic E-state index is 11.4. The predicted molar refractivity (Wildman–Crippen MR) is 117 cm³/mol. The SMILES string of the molecule is CN=C(NCCN1CCS(=O)(=O)CC1)N(C)Cc1ccccc1Br.I. The summed E-state index contributed by atoms with van der Waals surface area (Å²) in [7, 11) is 0.960. The van der Waals surface area contributed by atoms with E-state index in [9.17, 15) is 8.42 Å². The number of halogens is 2. The molecule has 1 fully saturated rings. The number of nitrogens with one attached hydrogen (secondary N) is 1. The fraction of sp³-hybridized carbons (Fsp3) is 0.562. The molecular formula is C16H26BrIN4O2S. The highest BCUT2D eigenvalue weighted by molar-refractivity contribution is 14.0. The third kappa shape index (κ3) is 7.40. The molecule has 0 atom stereocenters. The van der Waals surface area contributed by atoms with Gasteiger partial charge in [-0.1, -0.05) is 34.1 Å². The van der Waals surface area contributed by atoms with E-state index in [0.29, 0.717) is 13.1 Å². The van der Waals surface area contributed by atoms with Crippen molar-refractivity contribution in [3.05, 3.63) is 34.3 Å². The molecule has 1 heterocycles. The van der Waals surface area contributed by atoms with Crippen molar-refractivity contribution < 1.29 is 8.42 Å². The van der Waals surface area contributed by atoms with Crippen LogP contribution in [0.2, 0.25) is 0 Å². The lowest BCUT2D eigenvalue weighted by Gasteiger charge is -2.28. The van der Waals surface area contributed by atoms with Crippen LogP contribution in [0, 0.1) is 0 Å². The molecular weight excluding hydrogens is 519 g/mol. The molecule has 0 bridgehead atoms. The third-order valence-electron chi connectivity index (χ3n) is 4.09. The van der Waals surface area contributed by atoms with E-state index in [1.54, 1.807) is 7.05 Å². The first-order chi connectivity index (χ1) is 11.4. The Bertz CT molecular complexity index is 670. The molecule has 1 aromatic carbocycles. The van der Waals surface area contributed by atoms with E-state index in [1.165, 1.54) is 5.56 Å². The number of nitrogens with zero attached hydrogens (tertiary/aromatic N) is 3. The Balaban J connectivity index is 0.00000312. The van der Waals surface area contributed by atoms with Crippen LogP contribution in [0.5, 0.6) is 0 Å². The average molecular weight is 545 g/mol. The number of rotatable bonds is 5. The summed E-state index contributed by atoms with van der Waals surface area (Å²) in [6.45, 7) is 3.55. The summed E-state index contributed by atoms with van der Waals surface area (Å²) < 4.78 is 24.0. The van der Waals surface area contributed by atoms with E-state index in [2.05, 4.69) is 42.1 Å². The first-order valence-electron chi connectivity index (χ1n) is 7.99. The predicted octanol–water partition coefficient (Wildman–Crippen LogP) is 1.80. The zero-order valence-electron chi connectivity index (χ0n) is 14.6. The molecule has 0 radical (unpaired) electrons. The van der Waals surface area contributed by atoms with Crippen molar-refractivity contribution in [2.24, 2.45) is 4.99 Å². The number of aliphatic imine (C=N–C) groups is 1. The molecule has 0 amide bonds. The molecule has 0 aromatic heterocycles. The maximum Gasteiger partial charge on any atom is 0.193 e. The third-order valence-corrected chi connectivity index (χ3v) is 6.47. The van der Waals surface area contributed by atoms with E-state index in [1.807, 2.05) is 25.2 Å². The molecule has 1 aromatic rings. The summed E-state index contributed by atoms with van der Waals surface area (Å²) in [5.41, 5.74) is 1.20. The van der Waals surface area contributed by atoms with Crippen LogP contribution >= 0.6 is 39.9 Å². The van der Waals surface area contributed by atoms with Gasteiger partial charge in [-0.15, -0.1) is 24.0 Å². The van der Waals surface area contributed by atoms with Crippen molar-refractivity contribution in [1.82, 2.24) is 15.1 Å². The standard InChI is InChI=1S/C16H25BrN4O2S.HI/c1-18-16(20(2)13-14-5-3-4-6-15(14)17)19-7-8-21-9-11-24(22,23)12-10-21;/h3-6H,7-13H2,1-2H3,(H,18,19);1H. The monoisotopic (exact) mass is 544 g/mol. The van der Waals surface area contributed by atoms with Crippen LogP contribution in [0.3, 0.4) is 0 Å². The lowest BCUT2D eigenvalue weighted by molar-refractivity contribution is 0.298. The number of hydrogen-bond acceptors (Lipinski definition) is 4. The van der Waals surface area contributed by atoms with Gasteiger partial charge in [0.2, 0.25) is 0 Å². The molecule has 6 nitrogen and oxygen atoms in total. The van der Waals surface area contributed by atoms with Crippen LogP contribution < -0.4 is 5.32 Å². The van der Waals surface area contributed by atoms with Gasteiger partial charge in [-0.05, 0) is 11.6 Å². The van der Waals surface area contributed by atoms with Gasteiger partial charge in [-0.2, -0.15) is 0 Å². The second kappa shape index (κ2) is 10.7. The highest BCUT2D eigenvalue weighted by Crippen LogP contribution is 2.17. The number of hydrogen-bond donors (Lipinski definition) is 1. The van der Waals surface area contributed by atoms with Gasteiger partial charge in [-0.3, -0.25) is 9.89 Å². The van der Waals surface area contributed by atoms with Crippen LogP contribution in [0.4, 0.5) is 0 Å². The summed E-state index contributed by atoms with van der Waals surface area (Å²) in [5, 5.41) is 3.35. The summed E-state index contributed by atoms with van der Waals surface area (Å²) in [6, 6.07) is 8.14. The van der Waals surface area contributed by atoms with Crippen molar-refractivity contribution in [3.8, 4) is 0 Å². The zero-order chi connectivity index (χ0) is 17.6. The van der Waals surface area contributed by atoms with Crippen molar-refractivity contribution in [2.45, 2.75) is 6.54 Å². The normalized spacial score (nSPS) is 17.6. The summed E-state index contributed by atoms with van der Waals surface area (Å²) in [5.74, 6) is 1.36. The molecule has 2 rings (SSSR count). The number of guanidine groups is 1. The maximum absolute atomic E-state index is 11.4. The fourth-order valence-corrected chi connectivity index (χ4v) is 4.33. The van der Waals surface area contributed by atoms with Crippen LogP contribution in [-0.4, -0.2) is 76.0 Å². The molecule has 0 aliphatic carbocycles. The zero-order valence-corrected chi connectivity index (χ0v) is 19.3. The van der Waals surface area contributed by atoms with Crippen LogP contribution in [-0.2, 0) is 16.4 Å². The molecule has 0 spiro atoms. The summed E-state index contributed by atoms with van der Waals surface area (Å²) in [4.78, 5) is 8.57. The quantitative estimate of drug-likeness (QED) is 0.348. The Morgan fingerprint density at radius 1 is 1.32 bits per heavy atom. The lowest BCUT2D eigenvalue weighted by Crippen LogP contribution is -2.46. The van der Waals surface area contributed by atoms with Crippen LogP contribution in [0.1, 0.15) is 5.56 Å². The molecule has 1 N–H and O–H groups in total. The Hall–Kier alpha value is -0.390. The van der Waals surface area contributed by atoms with Gasteiger partial charge >= 0.3 is 0 Å². The Labute approximate surface area is 176 Å². The van der Waals surface area contributed by atoms with E-state index in [0.717, 1.165) is 30.1 Å². The molecule has 9 heteroatoms. The Morgan fingerprint density at radius 2 is 1.96 bits per heavy atom. The minimum absolute atomic E-state index is 0. The fourth-order valence-electron chi connectivity index (χ4n) is 2.64. The average Bonchev–Trinajstić information content (AvgIpc) is 2.55. The Morgan fingerprint density at radius 3 is 2.56 bits per heavy atom. The van der Waals surface area contributed by atoms with Gasteiger partial charge in [-0.25, -0.2) is 8.42 Å². The van der Waals surface area contributed by atoms with Gasteiger partial charge in [0.25, 0.3) is 0 Å². The second-order valence-corrected chi connectivity index (χ2v) is 9.07. The van der Waals surface area contributed by atoms with Crippen molar-refractivity contribution in [1.29, 1.82) is 0 Å². The molecule has 1 saturated heterocycles. The van der Waals surface area contributed by atoms with E-state index in [4.69, 9.17) is 0 Å². The van der Waals surface area contributed by atoms with Crippen molar-refractivity contribution in [2.75, 3.05) is 51.8 Å². The second-order valence-electron chi connectivity index (χ2n) is 5.91. The highest BCUT2D eigenvalue weighted by Gasteiger charge is 2.21. The van der Waals surface area contributed by atoms with Gasteiger partial charge in [0.1, 0.15) is 0 Å². The minimum Gasteiger partial charge on any atom is -0.355 e. The van der Waals surface area contributed by atoms with E-state index >= 15 is 0 Å². The van der Waals surface area contributed by atoms with Gasteiger partial charge < -0.3 is 10.2 Å². The number of benzene rings is 1. The molecule has 25 heavy (non-hydrogen) atoms. The summed E-state index contributed by atoms with van der Waals surface area (Å²) >= 11 is 3.57. The van der Waals surface area contributed by atoms with Crippen LogP contribution in [0.25, 0.3) is 0 Å². The van der Waals surface area contributed by atoms with Crippen molar-refractivity contribution >= 4 is 55.7 Å². The van der Waals surface area contributed by atoms with Crippen molar-refractivity contribution in [3.63, 3.8) is 0 Å². The van der Waals surface area contributed by atoms with Gasteiger partial charge in [0.05, 0.1) is 11.5 Å². The smallest absolute Gasteiger partial charge is 0.193 e. The van der Waals surface area contributed by atoms with E-state index < -0.39 is 9.84 Å². The topological polar surface area (TPSA) is 65.0 Å². The van der Waals surface area contributed by atoms with E-state index in [-0.39, 0.29) is 35.5 Å². The molecule has 0 unspecified atom stereocenters. The first kappa shape index (κ1) is 22.7. The minimum atomic E-state index is -2.81. The highest BCUT2D eigenvalue weighted by atomic mass is 127. The van der Waals surface area contributed by atoms with Gasteiger partial charge in [0.15, 0.2) is 15.8 Å². The molecule has 1 aliphatic heterocycles. The number of sulfone groups is 1. The Kier molecular flexibility index (Phi) is 9.68.